The molecule has 8 heteroatoms. The fraction of sp³-hybridized carbons (Fsp3) is 0.222. The molecule has 0 aliphatic heterocycles. The number of guanidine groups is 1. The maximum Gasteiger partial charge on any atom is 0.243 e. The van der Waals surface area contributed by atoms with Crippen LogP contribution in [0.5, 0.6) is 0 Å². The Morgan fingerprint density at radius 2 is 1.77 bits per heavy atom. The van der Waals surface area contributed by atoms with Crippen molar-refractivity contribution in [3.8, 4) is 0 Å². The lowest BCUT2D eigenvalue weighted by Gasteiger charge is -2.22. The first kappa shape index (κ1) is 19.3. The van der Waals surface area contributed by atoms with Gasteiger partial charge in [0.05, 0.1) is 12.2 Å². The average Bonchev–Trinajstić information content (AvgIpc) is 2.63. The molecule has 0 radical (unpaired) electrons. The molecule has 2 rings (SSSR count). The lowest BCUT2D eigenvalue weighted by molar-refractivity contribution is -0.115. The average molecular weight is 364 g/mol. The summed E-state index contributed by atoms with van der Waals surface area (Å²) < 4.78 is 39.7. The Bertz CT molecular complexity index is 797. The third-order valence-corrected chi connectivity index (χ3v) is 3.55. The fourth-order valence-electron chi connectivity index (χ4n) is 2.29. The minimum Gasteiger partial charge on any atom is -0.347 e. The normalized spacial score (nSPS) is 11.2. The van der Waals surface area contributed by atoms with Gasteiger partial charge in [-0.15, -0.1) is 0 Å². The summed E-state index contributed by atoms with van der Waals surface area (Å²) in [5, 5.41) is 5.02. The Morgan fingerprint density at radius 3 is 2.42 bits per heavy atom. The van der Waals surface area contributed by atoms with Gasteiger partial charge in [0.15, 0.2) is 23.4 Å². The van der Waals surface area contributed by atoms with E-state index >= 15 is 0 Å². The van der Waals surface area contributed by atoms with E-state index in [1.54, 1.807) is 19.0 Å². The zero-order valence-corrected chi connectivity index (χ0v) is 14.4. The second-order valence-electron chi connectivity index (χ2n) is 5.51. The van der Waals surface area contributed by atoms with Gasteiger partial charge in [0.1, 0.15) is 0 Å². The molecule has 0 unspecified atom stereocenters. The molecule has 2 N–H and O–H groups in total. The molecule has 138 valence electrons. The van der Waals surface area contributed by atoms with Crippen molar-refractivity contribution < 1.29 is 18.0 Å². The Labute approximate surface area is 149 Å². The molecule has 2 aromatic carbocycles. The molecule has 5 nitrogen and oxygen atoms in total. The lowest BCUT2D eigenvalue weighted by Crippen LogP contribution is -2.42. The highest BCUT2D eigenvalue weighted by atomic mass is 19.2. The summed E-state index contributed by atoms with van der Waals surface area (Å²) in [5.74, 6) is -4.56. The number of halogens is 3. The molecule has 0 fully saturated rings. The third-order valence-electron chi connectivity index (χ3n) is 3.55. The smallest absolute Gasteiger partial charge is 0.243 e. The Kier molecular flexibility index (Phi) is 6.60. The van der Waals surface area contributed by atoms with Crippen LogP contribution in [0.25, 0.3) is 0 Å². The molecule has 0 aliphatic rings. The van der Waals surface area contributed by atoms with Gasteiger partial charge in [-0.2, -0.15) is 0 Å². The summed E-state index contributed by atoms with van der Waals surface area (Å²) in [7, 11) is 3.37. The van der Waals surface area contributed by atoms with Crippen LogP contribution in [-0.4, -0.2) is 37.4 Å². The Hall–Kier alpha value is -3.03. The molecule has 0 aliphatic carbocycles. The summed E-state index contributed by atoms with van der Waals surface area (Å²) in [6, 6.07) is 11.4. The number of carbonyl (C=O) groups excluding carboxylic acids is 1. The van der Waals surface area contributed by atoms with Crippen LogP contribution < -0.4 is 10.6 Å². The van der Waals surface area contributed by atoms with Crippen LogP contribution in [0, 0.1) is 17.5 Å². The van der Waals surface area contributed by atoms with E-state index in [2.05, 4.69) is 15.6 Å². The summed E-state index contributed by atoms with van der Waals surface area (Å²) in [5.41, 5.74) is 0.634. The van der Waals surface area contributed by atoms with Gasteiger partial charge in [0.2, 0.25) is 5.91 Å². The molecule has 0 saturated heterocycles. The van der Waals surface area contributed by atoms with Gasteiger partial charge in [0, 0.05) is 20.6 Å². The van der Waals surface area contributed by atoms with Gasteiger partial charge in [-0.25, -0.2) is 13.2 Å². The lowest BCUT2D eigenvalue weighted by atomic mass is 10.2. The van der Waals surface area contributed by atoms with Gasteiger partial charge < -0.3 is 15.5 Å². The van der Waals surface area contributed by atoms with Crippen LogP contribution in [0.4, 0.5) is 18.9 Å². The first-order valence-electron chi connectivity index (χ1n) is 7.81. The van der Waals surface area contributed by atoms with Crippen molar-refractivity contribution in [2.24, 2.45) is 4.99 Å². The molecule has 1 amide bonds. The van der Waals surface area contributed by atoms with Gasteiger partial charge in [-0.1, -0.05) is 30.3 Å². The fourth-order valence-corrected chi connectivity index (χ4v) is 2.29. The number of nitrogens with zero attached hydrogens (tertiary/aromatic N) is 2. The maximum absolute atomic E-state index is 13.6. The summed E-state index contributed by atoms with van der Waals surface area (Å²) in [4.78, 5) is 17.8. The molecule has 0 aromatic heterocycles. The number of anilines is 1. The van der Waals surface area contributed by atoms with Crippen LogP contribution >= 0.6 is 0 Å². The minimum atomic E-state index is -1.63. The van der Waals surface area contributed by atoms with Gasteiger partial charge >= 0.3 is 0 Å². The van der Waals surface area contributed by atoms with E-state index in [4.69, 9.17) is 0 Å². The van der Waals surface area contributed by atoms with Crippen molar-refractivity contribution in [2.75, 3.05) is 26.0 Å². The first-order chi connectivity index (χ1) is 12.4. The zero-order valence-electron chi connectivity index (χ0n) is 14.4. The minimum absolute atomic E-state index is 0.218. The largest absolute Gasteiger partial charge is 0.347 e. The number of nitrogens with one attached hydrogen (secondary N) is 2. The molecule has 0 saturated carbocycles. The maximum atomic E-state index is 13.6. The van der Waals surface area contributed by atoms with E-state index in [1.807, 2.05) is 30.3 Å². The zero-order chi connectivity index (χ0) is 19.1. The first-order valence-corrected chi connectivity index (χ1v) is 7.81. The van der Waals surface area contributed by atoms with Crippen molar-refractivity contribution >= 4 is 17.6 Å². The van der Waals surface area contributed by atoms with E-state index in [1.165, 1.54) is 0 Å². The number of benzene rings is 2. The van der Waals surface area contributed by atoms with Gasteiger partial charge in [-0.05, 0) is 17.7 Å². The molecule has 0 heterocycles. The van der Waals surface area contributed by atoms with Crippen LogP contribution in [-0.2, 0) is 11.3 Å². The van der Waals surface area contributed by atoms with Gasteiger partial charge in [0.25, 0.3) is 0 Å². The van der Waals surface area contributed by atoms with E-state index < -0.39 is 29.0 Å². The predicted molar refractivity (Wildman–Crippen MR) is 94.2 cm³/mol. The van der Waals surface area contributed by atoms with Crippen LogP contribution in [0.1, 0.15) is 5.56 Å². The second kappa shape index (κ2) is 8.89. The summed E-state index contributed by atoms with van der Waals surface area (Å²) in [6.45, 7) is 0.351. The van der Waals surface area contributed by atoms with Crippen molar-refractivity contribution in [3.63, 3.8) is 0 Å². The molecule has 0 atom stereocenters. The van der Waals surface area contributed by atoms with Gasteiger partial charge in [-0.3, -0.25) is 9.79 Å². The number of hydrogen-bond acceptors (Lipinski definition) is 2. The monoisotopic (exact) mass is 364 g/mol. The van der Waals surface area contributed by atoms with Crippen LogP contribution in [0.15, 0.2) is 47.5 Å². The van der Waals surface area contributed by atoms with E-state index in [0.717, 1.165) is 17.7 Å². The predicted octanol–water partition coefficient (Wildman–Crippen LogP) is 2.75. The molecular formula is C18H19F3N4O. The third kappa shape index (κ3) is 4.98. The highest BCUT2D eigenvalue weighted by molar-refractivity contribution is 5.95. The molecule has 0 bridgehead atoms. The van der Waals surface area contributed by atoms with Crippen molar-refractivity contribution in [1.29, 1.82) is 0 Å². The van der Waals surface area contributed by atoms with Crippen molar-refractivity contribution in [1.82, 2.24) is 10.2 Å². The number of carbonyl (C=O) groups is 1. The standard InChI is InChI=1S/C18H19F3N4O/c1-22-18(25(2)11-12-6-4-3-5-7-12)23-10-15(26)24-14-9-8-13(19)16(20)17(14)21/h3-9H,10-11H2,1-2H3,(H,22,23)(H,24,26). The summed E-state index contributed by atoms with van der Waals surface area (Å²) in [6.07, 6.45) is 0. The highest BCUT2D eigenvalue weighted by Crippen LogP contribution is 2.19. The number of amides is 1. The molecule has 26 heavy (non-hydrogen) atoms. The molecule has 0 spiro atoms. The second-order valence-corrected chi connectivity index (χ2v) is 5.51. The quantitative estimate of drug-likeness (QED) is 0.487. The topological polar surface area (TPSA) is 56.7 Å². The van der Waals surface area contributed by atoms with E-state index in [0.29, 0.717) is 12.5 Å². The molecule has 2 aromatic rings. The van der Waals surface area contributed by atoms with E-state index in [-0.39, 0.29) is 6.54 Å². The van der Waals surface area contributed by atoms with Crippen molar-refractivity contribution in [2.45, 2.75) is 6.54 Å². The van der Waals surface area contributed by atoms with Crippen molar-refractivity contribution in [3.05, 3.63) is 65.5 Å². The number of rotatable bonds is 5. The highest BCUT2D eigenvalue weighted by Gasteiger charge is 2.15. The van der Waals surface area contributed by atoms with Crippen LogP contribution in [0.3, 0.4) is 0 Å². The SMILES string of the molecule is CN=C(NCC(=O)Nc1ccc(F)c(F)c1F)N(C)Cc1ccccc1. The number of aliphatic imine (C=N–C) groups is 1. The Morgan fingerprint density at radius 1 is 1.08 bits per heavy atom. The van der Waals surface area contributed by atoms with Crippen LogP contribution in [0.2, 0.25) is 0 Å². The Balaban J connectivity index is 1.92. The molecular weight excluding hydrogens is 345 g/mol. The van der Waals surface area contributed by atoms with E-state index in [9.17, 15) is 18.0 Å². The summed E-state index contributed by atoms with van der Waals surface area (Å²) >= 11 is 0. The number of hydrogen-bond donors (Lipinski definition) is 2.